The highest BCUT2D eigenvalue weighted by Gasteiger charge is 2.34. The molecule has 2 aromatic carbocycles. The van der Waals surface area contributed by atoms with Gasteiger partial charge >= 0.3 is 0 Å². The van der Waals surface area contributed by atoms with Crippen LogP contribution in [0.2, 0.25) is 0 Å². The fraction of sp³-hybridized carbons (Fsp3) is 0.278. The molecule has 0 spiro atoms. The van der Waals surface area contributed by atoms with Crippen LogP contribution in [0.5, 0.6) is 5.75 Å². The Labute approximate surface area is 143 Å². The van der Waals surface area contributed by atoms with Crippen LogP contribution in [0.25, 0.3) is 0 Å². The lowest BCUT2D eigenvalue weighted by molar-refractivity contribution is -0.124. The quantitative estimate of drug-likeness (QED) is 0.796. The Morgan fingerprint density at radius 3 is 2.83 bits per heavy atom. The fourth-order valence-electron chi connectivity index (χ4n) is 2.91. The number of rotatable bonds is 3. The molecule has 0 bridgehead atoms. The Morgan fingerprint density at radius 2 is 2.09 bits per heavy atom. The molecule has 0 N–H and O–H groups in total. The van der Waals surface area contributed by atoms with E-state index < -0.39 is 6.10 Å². The van der Waals surface area contributed by atoms with Crippen molar-refractivity contribution in [3.05, 3.63) is 58.3 Å². The monoisotopic (exact) mass is 377 g/mol. The minimum absolute atomic E-state index is 0.0984. The van der Waals surface area contributed by atoms with E-state index in [-0.39, 0.29) is 17.8 Å². The van der Waals surface area contributed by atoms with Gasteiger partial charge in [0.25, 0.3) is 5.91 Å². The van der Waals surface area contributed by atoms with Crippen LogP contribution < -0.4 is 9.64 Å². The molecule has 3 rings (SSSR count). The van der Waals surface area contributed by atoms with Crippen LogP contribution in [0.1, 0.15) is 19.4 Å². The second-order valence-corrected chi connectivity index (χ2v) is 6.58. The molecule has 2 atom stereocenters. The first-order valence-corrected chi connectivity index (χ1v) is 8.29. The highest BCUT2D eigenvalue weighted by Crippen LogP contribution is 2.33. The zero-order valence-corrected chi connectivity index (χ0v) is 14.5. The van der Waals surface area contributed by atoms with Crippen molar-refractivity contribution in [1.29, 1.82) is 0 Å². The van der Waals surface area contributed by atoms with Crippen molar-refractivity contribution < 1.29 is 13.9 Å². The number of nitrogens with zero attached hydrogens (tertiary/aromatic N) is 1. The third-order valence-corrected chi connectivity index (χ3v) is 4.61. The van der Waals surface area contributed by atoms with Crippen molar-refractivity contribution in [2.75, 3.05) is 4.90 Å². The van der Waals surface area contributed by atoms with Crippen LogP contribution >= 0.6 is 15.9 Å². The van der Waals surface area contributed by atoms with Gasteiger partial charge in [0.2, 0.25) is 0 Å². The Bertz CT molecular complexity index is 750. The second-order valence-electron chi connectivity index (χ2n) is 5.72. The summed E-state index contributed by atoms with van der Waals surface area (Å²) in [5.74, 6) is -0.00337. The lowest BCUT2D eigenvalue weighted by Crippen LogP contribution is -2.43. The number of hydrogen-bond acceptors (Lipinski definition) is 2. The van der Waals surface area contributed by atoms with Crippen molar-refractivity contribution in [3.8, 4) is 5.75 Å². The number of benzene rings is 2. The van der Waals surface area contributed by atoms with Crippen molar-refractivity contribution in [3.63, 3.8) is 0 Å². The SMILES string of the molecule is CC(Oc1ccc(F)cc1Br)C(=O)N1c2ccccc2CC1C. The lowest BCUT2D eigenvalue weighted by atomic mass is 10.1. The highest BCUT2D eigenvalue weighted by atomic mass is 79.9. The van der Waals surface area contributed by atoms with Crippen LogP contribution in [0.15, 0.2) is 46.9 Å². The van der Waals surface area contributed by atoms with Gasteiger partial charge in [-0.1, -0.05) is 18.2 Å². The molecule has 0 radical (unpaired) electrons. The molecule has 0 aromatic heterocycles. The van der Waals surface area contributed by atoms with Crippen molar-refractivity contribution in [2.24, 2.45) is 0 Å². The molecule has 5 heteroatoms. The Kier molecular flexibility index (Phi) is 4.39. The van der Waals surface area contributed by atoms with E-state index in [1.165, 1.54) is 23.8 Å². The van der Waals surface area contributed by atoms with E-state index in [0.29, 0.717) is 10.2 Å². The maximum absolute atomic E-state index is 13.1. The summed E-state index contributed by atoms with van der Waals surface area (Å²) < 4.78 is 19.4. The first-order valence-electron chi connectivity index (χ1n) is 7.50. The minimum Gasteiger partial charge on any atom is -0.480 e. The summed E-state index contributed by atoms with van der Waals surface area (Å²) in [5, 5.41) is 0. The van der Waals surface area contributed by atoms with Crippen LogP contribution in [0.3, 0.4) is 0 Å². The van der Waals surface area contributed by atoms with Gasteiger partial charge in [-0.25, -0.2) is 4.39 Å². The largest absolute Gasteiger partial charge is 0.480 e. The summed E-state index contributed by atoms with van der Waals surface area (Å²) in [6.45, 7) is 3.74. The summed E-state index contributed by atoms with van der Waals surface area (Å²) in [6, 6.07) is 12.2. The van der Waals surface area contributed by atoms with E-state index >= 15 is 0 Å². The smallest absolute Gasteiger partial charge is 0.268 e. The molecule has 1 amide bonds. The number of carbonyl (C=O) groups excluding carboxylic acids is 1. The lowest BCUT2D eigenvalue weighted by Gasteiger charge is -2.26. The fourth-order valence-corrected chi connectivity index (χ4v) is 3.35. The minimum atomic E-state index is -0.662. The normalized spacial score (nSPS) is 17.7. The number of carbonyl (C=O) groups is 1. The number of fused-ring (bicyclic) bond motifs is 1. The van der Waals surface area contributed by atoms with Crippen molar-refractivity contribution in [2.45, 2.75) is 32.4 Å². The third-order valence-electron chi connectivity index (χ3n) is 3.99. The van der Waals surface area contributed by atoms with Gasteiger partial charge in [0.1, 0.15) is 11.6 Å². The molecule has 2 unspecified atom stereocenters. The molecule has 1 aliphatic rings. The number of hydrogen-bond donors (Lipinski definition) is 0. The average Bonchev–Trinajstić information content (AvgIpc) is 2.85. The van der Waals surface area contributed by atoms with E-state index in [4.69, 9.17) is 4.74 Å². The Balaban J connectivity index is 1.80. The maximum Gasteiger partial charge on any atom is 0.268 e. The Hall–Kier alpha value is -1.88. The van der Waals surface area contributed by atoms with Crippen molar-refractivity contribution in [1.82, 2.24) is 0 Å². The molecule has 0 fully saturated rings. The van der Waals surface area contributed by atoms with E-state index in [9.17, 15) is 9.18 Å². The van der Waals surface area contributed by atoms with E-state index in [0.717, 1.165) is 12.1 Å². The van der Waals surface area contributed by atoms with E-state index in [2.05, 4.69) is 15.9 Å². The van der Waals surface area contributed by atoms with Gasteiger partial charge in [0.15, 0.2) is 6.10 Å². The number of amides is 1. The van der Waals surface area contributed by atoms with Gasteiger partial charge in [-0.15, -0.1) is 0 Å². The number of anilines is 1. The third kappa shape index (κ3) is 3.11. The summed E-state index contributed by atoms with van der Waals surface area (Å²) in [7, 11) is 0. The summed E-state index contributed by atoms with van der Waals surface area (Å²) in [5.41, 5.74) is 2.11. The zero-order valence-electron chi connectivity index (χ0n) is 12.9. The highest BCUT2D eigenvalue weighted by molar-refractivity contribution is 9.10. The number of halogens is 2. The van der Waals surface area contributed by atoms with Gasteiger partial charge in [0, 0.05) is 11.7 Å². The molecule has 120 valence electrons. The van der Waals surface area contributed by atoms with Gasteiger partial charge in [0.05, 0.1) is 4.47 Å². The van der Waals surface area contributed by atoms with Crippen molar-refractivity contribution >= 4 is 27.5 Å². The molecule has 0 saturated heterocycles. The predicted molar refractivity (Wildman–Crippen MR) is 91.3 cm³/mol. The Morgan fingerprint density at radius 1 is 1.35 bits per heavy atom. The maximum atomic E-state index is 13.1. The standard InChI is InChI=1S/C18H17BrFNO2/c1-11-9-13-5-3-4-6-16(13)21(11)18(22)12(2)23-17-8-7-14(20)10-15(17)19/h3-8,10-12H,9H2,1-2H3. The molecular weight excluding hydrogens is 361 g/mol. The molecule has 1 aliphatic heterocycles. The van der Waals surface area contributed by atoms with Crippen LogP contribution in [-0.2, 0) is 11.2 Å². The summed E-state index contributed by atoms with van der Waals surface area (Å²) >= 11 is 3.26. The van der Waals surface area contributed by atoms with Gasteiger partial charge < -0.3 is 9.64 Å². The number of ether oxygens (including phenoxy) is 1. The molecule has 3 nitrogen and oxygen atoms in total. The second kappa shape index (κ2) is 6.32. The van der Waals surface area contributed by atoms with E-state index in [1.807, 2.05) is 31.2 Å². The topological polar surface area (TPSA) is 29.5 Å². The van der Waals surface area contributed by atoms with Gasteiger partial charge in [-0.05, 0) is 66.0 Å². The predicted octanol–water partition coefficient (Wildman–Crippen LogP) is 4.33. The van der Waals surface area contributed by atoms with Gasteiger partial charge in [-0.2, -0.15) is 0 Å². The molecule has 2 aromatic rings. The first kappa shape index (κ1) is 16.0. The molecule has 0 aliphatic carbocycles. The zero-order chi connectivity index (χ0) is 16.6. The average molecular weight is 378 g/mol. The summed E-state index contributed by atoms with van der Waals surface area (Å²) in [6.07, 6.45) is 0.180. The summed E-state index contributed by atoms with van der Waals surface area (Å²) in [4.78, 5) is 14.6. The molecular formula is C18H17BrFNO2. The van der Waals surface area contributed by atoms with Crippen LogP contribution in [0.4, 0.5) is 10.1 Å². The molecule has 23 heavy (non-hydrogen) atoms. The molecule has 1 heterocycles. The first-order chi connectivity index (χ1) is 11.0. The molecule has 0 saturated carbocycles. The van der Waals surface area contributed by atoms with Crippen LogP contribution in [-0.4, -0.2) is 18.1 Å². The van der Waals surface area contributed by atoms with Gasteiger partial charge in [-0.3, -0.25) is 4.79 Å². The number of para-hydroxylation sites is 1. The van der Waals surface area contributed by atoms with Crippen LogP contribution in [0, 0.1) is 5.82 Å². The van der Waals surface area contributed by atoms with E-state index in [1.54, 1.807) is 11.8 Å².